The molecule has 0 bridgehead atoms. The number of hydrogen-bond donors (Lipinski definition) is 1. The minimum Gasteiger partial charge on any atom is -0.370 e. The largest absolute Gasteiger partial charge is 0.370 e. The second-order valence-corrected chi connectivity index (χ2v) is 9.16. The van der Waals surface area contributed by atoms with Crippen molar-refractivity contribution in [3.8, 4) is 0 Å². The van der Waals surface area contributed by atoms with Crippen LogP contribution in [-0.4, -0.2) is 45.5 Å². The van der Waals surface area contributed by atoms with Crippen LogP contribution in [0.4, 0.5) is 0 Å². The molecule has 0 aliphatic carbocycles. The van der Waals surface area contributed by atoms with E-state index in [4.69, 9.17) is 4.74 Å². The maximum Gasteiger partial charge on any atom is 0.222 e. The van der Waals surface area contributed by atoms with Gasteiger partial charge in [0.15, 0.2) is 0 Å². The van der Waals surface area contributed by atoms with E-state index in [-0.39, 0.29) is 24.3 Å². The van der Waals surface area contributed by atoms with Gasteiger partial charge in [-0.2, -0.15) is 0 Å². The third-order valence-corrected chi connectivity index (χ3v) is 6.28. The zero-order valence-corrected chi connectivity index (χ0v) is 17.5. The number of carbonyl (C=O) groups excluding carboxylic acids is 1. The molecule has 7 heteroatoms. The van der Waals surface area contributed by atoms with Crippen molar-refractivity contribution in [1.29, 1.82) is 0 Å². The second-order valence-electron chi connectivity index (χ2n) is 7.36. The number of benzene rings is 2. The molecule has 0 radical (unpaired) electrons. The van der Waals surface area contributed by atoms with Gasteiger partial charge < -0.3 is 9.64 Å². The molecule has 1 aliphatic rings. The number of nitrogens with zero attached hydrogens (tertiary/aromatic N) is 1. The first-order valence-corrected chi connectivity index (χ1v) is 11.6. The first-order chi connectivity index (χ1) is 13.9. The third-order valence-electron chi connectivity index (χ3n) is 4.92. The predicted octanol–water partition coefficient (Wildman–Crippen LogP) is 2.79. The van der Waals surface area contributed by atoms with Crippen LogP contribution in [0.5, 0.6) is 0 Å². The highest BCUT2D eigenvalue weighted by atomic mass is 32.2. The number of sulfonamides is 1. The molecular weight excluding hydrogens is 388 g/mol. The Kier molecular flexibility index (Phi) is 7.41. The van der Waals surface area contributed by atoms with E-state index in [1.165, 1.54) is 0 Å². The summed E-state index contributed by atoms with van der Waals surface area (Å²) in [6.45, 7) is 3.80. The van der Waals surface area contributed by atoms with Crippen molar-refractivity contribution in [3.05, 3.63) is 71.3 Å². The van der Waals surface area contributed by atoms with Crippen LogP contribution in [0, 0.1) is 6.92 Å². The van der Waals surface area contributed by atoms with Gasteiger partial charge in [0.05, 0.1) is 18.9 Å². The van der Waals surface area contributed by atoms with Gasteiger partial charge >= 0.3 is 0 Å². The quantitative estimate of drug-likeness (QED) is 0.672. The van der Waals surface area contributed by atoms with Crippen LogP contribution in [0.25, 0.3) is 0 Å². The molecule has 1 heterocycles. The molecule has 3 rings (SSSR count). The minimum absolute atomic E-state index is 0.0344. The van der Waals surface area contributed by atoms with E-state index in [1.807, 2.05) is 60.4 Å². The summed E-state index contributed by atoms with van der Waals surface area (Å²) in [5, 5.41) is 0. The van der Waals surface area contributed by atoms with Gasteiger partial charge in [-0.25, -0.2) is 13.1 Å². The summed E-state index contributed by atoms with van der Waals surface area (Å²) in [6, 6.07) is 17.3. The molecule has 0 saturated carbocycles. The van der Waals surface area contributed by atoms with Crippen molar-refractivity contribution in [2.24, 2.45) is 0 Å². The fraction of sp³-hybridized carbons (Fsp3) is 0.409. The van der Waals surface area contributed by atoms with Crippen LogP contribution in [-0.2, 0) is 25.3 Å². The Morgan fingerprint density at radius 1 is 1.17 bits per heavy atom. The number of ether oxygens (including phenoxy) is 1. The van der Waals surface area contributed by atoms with Crippen LogP contribution in [0.3, 0.4) is 0 Å². The molecular formula is C22H28N2O4S. The standard InChI is InChI=1S/C22H28N2O4S/c1-18-7-5-8-19(15-18)17-29(26,27)23-12-6-11-22(25)24-13-14-28-21(16-24)20-9-3-2-4-10-20/h2-5,7-10,15,21,23H,6,11-14,16-17H2,1H3. The van der Waals surface area contributed by atoms with Crippen molar-refractivity contribution < 1.29 is 17.9 Å². The number of aryl methyl sites for hydroxylation is 1. The Morgan fingerprint density at radius 3 is 2.72 bits per heavy atom. The topological polar surface area (TPSA) is 75.7 Å². The molecule has 1 saturated heterocycles. The monoisotopic (exact) mass is 416 g/mol. The van der Waals surface area contributed by atoms with Crippen molar-refractivity contribution in [3.63, 3.8) is 0 Å². The van der Waals surface area contributed by atoms with Crippen molar-refractivity contribution >= 4 is 15.9 Å². The Bertz CT molecular complexity index is 915. The number of morpholine rings is 1. The maximum atomic E-state index is 12.5. The van der Waals surface area contributed by atoms with Gasteiger partial charge in [-0.05, 0) is 24.5 Å². The molecule has 29 heavy (non-hydrogen) atoms. The second kappa shape index (κ2) is 10.0. The van der Waals surface area contributed by atoms with Crippen LogP contribution in [0.15, 0.2) is 54.6 Å². The number of rotatable bonds is 8. The molecule has 0 aromatic heterocycles. The predicted molar refractivity (Wildman–Crippen MR) is 113 cm³/mol. The summed E-state index contributed by atoms with van der Waals surface area (Å²) in [5.41, 5.74) is 2.85. The lowest BCUT2D eigenvalue weighted by atomic mass is 10.1. The van der Waals surface area contributed by atoms with E-state index < -0.39 is 10.0 Å². The molecule has 6 nitrogen and oxygen atoms in total. The SMILES string of the molecule is Cc1cccc(CS(=O)(=O)NCCCC(=O)N2CCOC(c3ccccc3)C2)c1. The van der Waals surface area contributed by atoms with Crippen molar-refractivity contribution in [2.45, 2.75) is 31.6 Å². The molecule has 1 unspecified atom stereocenters. The minimum atomic E-state index is -3.41. The Hall–Kier alpha value is -2.22. The molecule has 1 fully saturated rings. The van der Waals surface area contributed by atoms with Crippen LogP contribution in [0.1, 0.15) is 35.6 Å². The number of amides is 1. The molecule has 1 atom stereocenters. The zero-order valence-electron chi connectivity index (χ0n) is 16.7. The summed E-state index contributed by atoms with van der Waals surface area (Å²) in [4.78, 5) is 14.3. The lowest BCUT2D eigenvalue weighted by Gasteiger charge is -2.33. The number of carbonyl (C=O) groups is 1. The highest BCUT2D eigenvalue weighted by Crippen LogP contribution is 2.22. The van der Waals surface area contributed by atoms with Gasteiger partial charge in [-0.15, -0.1) is 0 Å². The fourth-order valence-electron chi connectivity index (χ4n) is 3.44. The van der Waals surface area contributed by atoms with Crippen LogP contribution >= 0.6 is 0 Å². The summed E-state index contributed by atoms with van der Waals surface area (Å²) < 4.78 is 32.9. The summed E-state index contributed by atoms with van der Waals surface area (Å²) in [5.74, 6) is -0.0164. The van der Waals surface area contributed by atoms with Crippen molar-refractivity contribution in [2.75, 3.05) is 26.2 Å². The number of nitrogens with one attached hydrogen (secondary N) is 1. The van der Waals surface area contributed by atoms with E-state index in [0.717, 1.165) is 16.7 Å². The Balaban J connectivity index is 1.42. The molecule has 2 aromatic rings. The lowest BCUT2D eigenvalue weighted by Crippen LogP contribution is -2.42. The Morgan fingerprint density at radius 2 is 1.97 bits per heavy atom. The van der Waals surface area contributed by atoms with E-state index >= 15 is 0 Å². The third kappa shape index (κ3) is 6.66. The highest BCUT2D eigenvalue weighted by molar-refractivity contribution is 7.88. The van der Waals surface area contributed by atoms with Crippen LogP contribution in [0.2, 0.25) is 0 Å². The maximum absolute atomic E-state index is 12.5. The average Bonchev–Trinajstić information content (AvgIpc) is 2.71. The van der Waals surface area contributed by atoms with Gasteiger partial charge in [-0.3, -0.25) is 4.79 Å². The lowest BCUT2D eigenvalue weighted by molar-refractivity contribution is -0.139. The molecule has 156 valence electrons. The normalized spacial score (nSPS) is 17.3. The summed E-state index contributed by atoms with van der Waals surface area (Å²) in [7, 11) is -3.41. The Labute approximate surface area is 172 Å². The summed E-state index contributed by atoms with van der Waals surface area (Å²) >= 11 is 0. The average molecular weight is 417 g/mol. The smallest absolute Gasteiger partial charge is 0.222 e. The van der Waals surface area contributed by atoms with E-state index in [1.54, 1.807) is 6.07 Å². The molecule has 0 spiro atoms. The van der Waals surface area contributed by atoms with E-state index in [9.17, 15) is 13.2 Å². The fourth-order valence-corrected chi connectivity index (χ4v) is 4.62. The van der Waals surface area contributed by atoms with Gasteiger partial charge in [0.2, 0.25) is 15.9 Å². The molecule has 2 aromatic carbocycles. The van der Waals surface area contributed by atoms with Crippen LogP contribution < -0.4 is 4.72 Å². The van der Waals surface area contributed by atoms with Gasteiger partial charge in [-0.1, -0.05) is 60.2 Å². The molecule has 1 N–H and O–H groups in total. The molecule has 1 amide bonds. The zero-order chi connectivity index (χ0) is 20.7. The highest BCUT2D eigenvalue weighted by Gasteiger charge is 2.25. The van der Waals surface area contributed by atoms with Gasteiger partial charge in [0.1, 0.15) is 6.10 Å². The number of hydrogen-bond acceptors (Lipinski definition) is 4. The first kappa shape index (κ1) is 21.5. The molecule has 1 aliphatic heterocycles. The summed E-state index contributed by atoms with van der Waals surface area (Å²) in [6.07, 6.45) is 0.676. The van der Waals surface area contributed by atoms with Crippen molar-refractivity contribution in [1.82, 2.24) is 9.62 Å². The van der Waals surface area contributed by atoms with E-state index in [0.29, 0.717) is 32.5 Å². The van der Waals surface area contributed by atoms with Gasteiger partial charge in [0, 0.05) is 19.5 Å². The first-order valence-electron chi connectivity index (χ1n) is 9.90. The van der Waals surface area contributed by atoms with E-state index in [2.05, 4.69) is 4.72 Å². The van der Waals surface area contributed by atoms with Gasteiger partial charge in [0.25, 0.3) is 0 Å².